The van der Waals surface area contributed by atoms with E-state index in [1.807, 2.05) is 12.3 Å². The fourth-order valence-electron chi connectivity index (χ4n) is 1.48. The Hall–Kier alpha value is -2.01. The molecule has 0 fully saturated rings. The highest BCUT2D eigenvalue weighted by Gasteiger charge is 2.06. The minimum absolute atomic E-state index is 0.440. The Labute approximate surface area is 125 Å². The van der Waals surface area contributed by atoms with Crippen molar-refractivity contribution >= 4 is 40.7 Å². The molecule has 4 N–H and O–H groups in total. The van der Waals surface area contributed by atoms with Crippen LogP contribution in [-0.2, 0) is 0 Å². The molecule has 0 bridgehead atoms. The molecule has 1 aromatic heterocycles. The second-order valence-corrected chi connectivity index (χ2v) is 4.88. The van der Waals surface area contributed by atoms with Crippen molar-refractivity contribution in [3.8, 4) is 6.07 Å². The normalized spacial score (nSPS) is 9.90. The number of aromatic nitrogens is 2. The lowest BCUT2D eigenvalue weighted by Crippen LogP contribution is -2.10. The molecule has 8 heteroatoms. The van der Waals surface area contributed by atoms with Gasteiger partial charge in [0.25, 0.3) is 0 Å². The third kappa shape index (κ3) is 3.30. The lowest BCUT2D eigenvalue weighted by molar-refractivity contribution is 0.971. The number of nitrogens with two attached hydrogens (primary N) is 1. The lowest BCUT2D eigenvalue weighted by atomic mass is 10.2. The van der Waals surface area contributed by atoms with Gasteiger partial charge in [-0.1, -0.05) is 23.4 Å². The van der Waals surface area contributed by atoms with E-state index >= 15 is 0 Å². The molecule has 0 unspecified atom stereocenters. The summed E-state index contributed by atoms with van der Waals surface area (Å²) in [7, 11) is 0. The maximum absolute atomic E-state index is 8.80. The first-order valence-corrected chi connectivity index (χ1v) is 7.13. The fraction of sp³-hybridized carbons (Fsp3) is 0.0833. The van der Waals surface area contributed by atoms with E-state index in [0.717, 1.165) is 0 Å². The summed E-state index contributed by atoms with van der Waals surface area (Å²) in [5.41, 5.74) is 3.63. The predicted octanol–water partition coefficient (Wildman–Crippen LogP) is 2.75. The zero-order chi connectivity index (χ0) is 14.5. The molecule has 102 valence electrons. The van der Waals surface area contributed by atoms with E-state index in [-0.39, 0.29) is 0 Å². The number of nitrogens with zero attached hydrogens (tertiary/aromatic N) is 3. The number of anilines is 3. The maximum Gasteiger partial charge on any atom is 0.191 e. The van der Waals surface area contributed by atoms with Crippen LogP contribution in [0.3, 0.4) is 0 Å². The van der Waals surface area contributed by atoms with Gasteiger partial charge in [0, 0.05) is 6.07 Å². The van der Waals surface area contributed by atoms with E-state index in [4.69, 9.17) is 22.7 Å². The van der Waals surface area contributed by atoms with Crippen LogP contribution in [0.25, 0.3) is 0 Å². The van der Waals surface area contributed by atoms with Crippen molar-refractivity contribution in [3.63, 3.8) is 0 Å². The molecule has 0 radical (unpaired) electrons. The van der Waals surface area contributed by atoms with Gasteiger partial charge in [-0.3, -0.25) is 0 Å². The lowest BCUT2D eigenvalue weighted by Gasteiger charge is -2.10. The van der Waals surface area contributed by atoms with Gasteiger partial charge in [0.1, 0.15) is 11.6 Å². The second-order valence-electron chi connectivity index (χ2n) is 3.70. The van der Waals surface area contributed by atoms with Crippen LogP contribution < -0.4 is 16.6 Å². The van der Waals surface area contributed by atoms with Crippen molar-refractivity contribution in [2.75, 3.05) is 17.0 Å². The third-order valence-electron chi connectivity index (χ3n) is 2.40. The van der Waals surface area contributed by atoms with Gasteiger partial charge in [-0.05, 0) is 24.5 Å². The number of nitrogen functional groups attached to an aromatic ring is 1. The molecular weight excluding hydrogens is 296 g/mol. The fourth-order valence-corrected chi connectivity index (χ4v) is 2.09. The number of nitrogens with one attached hydrogen (secondary N) is 2. The second kappa shape index (κ2) is 6.43. The molecule has 0 saturated carbocycles. The molecule has 0 amide bonds. The van der Waals surface area contributed by atoms with Crippen LogP contribution in [0, 0.1) is 11.3 Å². The van der Waals surface area contributed by atoms with Crippen molar-refractivity contribution in [1.29, 1.82) is 5.26 Å². The van der Waals surface area contributed by atoms with Gasteiger partial charge in [-0.25, -0.2) is 15.8 Å². The van der Waals surface area contributed by atoms with E-state index < -0.39 is 0 Å². The molecule has 0 saturated heterocycles. The molecule has 0 aliphatic rings. The Morgan fingerprint density at radius 2 is 2.05 bits per heavy atom. The first kappa shape index (κ1) is 14.4. The SMILES string of the molecule is CSc1nc(NN)cc(Nc2ccc(C#N)cc2Cl)n1. The smallest absolute Gasteiger partial charge is 0.191 e. The number of hydrazine groups is 1. The summed E-state index contributed by atoms with van der Waals surface area (Å²) in [6, 6.07) is 8.67. The summed E-state index contributed by atoms with van der Waals surface area (Å²) in [6.07, 6.45) is 1.87. The molecule has 0 aliphatic heterocycles. The van der Waals surface area contributed by atoms with Crippen molar-refractivity contribution in [1.82, 2.24) is 9.97 Å². The van der Waals surface area contributed by atoms with Crippen LogP contribution in [0.2, 0.25) is 5.02 Å². The molecule has 20 heavy (non-hydrogen) atoms. The van der Waals surface area contributed by atoms with Crippen LogP contribution in [0.4, 0.5) is 17.3 Å². The standard InChI is InChI=1S/C12H11ClN6S/c1-20-12-17-10(5-11(18-12)19-15)16-9-3-2-7(6-14)4-8(9)13/h2-5H,15H2,1H3,(H2,16,17,18,19). The Bertz CT molecular complexity index is 647. The molecule has 1 heterocycles. The van der Waals surface area contributed by atoms with E-state index in [0.29, 0.717) is 33.1 Å². The van der Waals surface area contributed by atoms with Crippen molar-refractivity contribution in [2.24, 2.45) is 5.84 Å². The summed E-state index contributed by atoms with van der Waals surface area (Å²) >= 11 is 7.50. The molecule has 0 aliphatic carbocycles. The van der Waals surface area contributed by atoms with Gasteiger partial charge >= 0.3 is 0 Å². The summed E-state index contributed by atoms with van der Waals surface area (Å²) in [4.78, 5) is 8.46. The van der Waals surface area contributed by atoms with Crippen molar-refractivity contribution < 1.29 is 0 Å². The molecule has 0 atom stereocenters. The van der Waals surface area contributed by atoms with E-state index in [9.17, 15) is 0 Å². The number of thioether (sulfide) groups is 1. The minimum atomic E-state index is 0.440. The monoisotopic (exact) mass is 306 g/mol. The average Bonchev–Trinajstić information content (AvgIpc) is 2.48. The molecule has 0 spiro atoms. The van der Waals surface area contributed by atoms with Crippen LogP contribution in [0.15, 0.2) is 29.4 Å². The van der Waals surface area contributed by atoms with Crippen LogP contribution in [-0.4, -0.2) is 16.2 Å². The highest BCUT2D eigenvalue weighted by atomic mass is 35.5. The number of hydrogen-bond acceptors (Lipinski definition) is 7. The quantitative estimate of drug-likeness (QED) is 0.345. The first-order valence-electron chi connectivity index (χ1n) is 5.52. The summed E-state index contributed by atoms with van der Waals surface area (Å²) in [6.45, 7) is 0. The summed E-state index contributed by atoms with van der Waals surface area (Å²) in [5.74, 6) is 6.42. The number of nitriles is 1. The van der Waals surface area contributed by atoms with Crippen LogP contribution in [0.1, 0.15) is 5.56 Å². The summed E-state index contributed by atoms with van der Waals surface area (Å²) < 4.78 is 0. The Balaban J connectivity index is 2.32. The largest absolute Gasteiger partial charge is 0.339 e. The van der Waals surface area contributed by atoms with Crippen LogP contribution >= 0.6 is 23.4 Å². The van der Waals surface area contributed by atoms with Gasteiger partial charge < -0.3 is 10.7 Å². The first-order chi connectivity index (χ1) is 9.66. The zero-order valence-electron chi connectivity index (χ0n) is 10.5. The number of hydrogen-bond donors (Lipinski definition) is 3. The summed E-state index contributed by atoms with van der Waals surface area (Å²) in [5, 5.41) is 12.9. The van der Waals surface area contributed by atoms with Gasteiger partial charge in [-0.2, -0.15) is 5.26 Å². The van der Waals surface area contributed by atoms with Gasteiger partial charge in [0.15, 0.2) is 5.16 Å². The van der Waals surface area contributed by atoms with Crippen molar-refractivity contribution in [3.05, 3.63) is 34.9 Å². The Morgan fingerprint density at radius 3 is 2.65 bits per heavy atom. The zero-order valence-corrected chi connectivity index (χ0v) is 12.1. The number of rotatable bonds is 4. The average molecular weight is 307 g/mol. The number of benzene rings is 1. The topological polar surface area (TPSA) is 99.6 Å². The highest BCUT2D eigenvalue weighted by molar-refractivity contribution is 7.98. The van der Waals surface area contributed by atoms with Gasteiger partial charge in [-0.15, -0.1) is 0 Å². The Kier molecular flexibility index (Phi) is 4.63. The van der Waals surface area contributed by atoms with Crippen LogP contribution in [0.5, 0.6) is 0 Å². The van der Waals surface area contributed by atoms with Gasteiger partial charge in [0.05, 0.1) is 22.3 Å². The van der Waals surface area contributed by atoms with Crippen molar-refractivity contribution in [2.45, 2.75) is 5.16 Å². The maximum atomic E-state index is 8.80. The number of halogens is 1. The third-order valence-corrected chi connectivity index (χ3v) is 3.26. The molecule has 6 nitrogen and oxygen atoms in total. The predicted molar refractivity (Wildman–Crippen MR) is 81.1 cm³/mol. The molecule has 1 aromatic carbocycles. The van der Waals surface area contributed by atoms with E-state index in [2.05, 4.69) is 20.7 Å². The van der Waals surface area contributed by atoms with Gasteiger partial charge in [0.2, 0.25) is 0 Å². The molecular formula is C12H11ClN6S. The Morgan fingerprint density at radius 1 is 1.30 bits per heavy atom. The van der Waals surface area contributed by atoms with E-state index in [1.165, 1.54) is 11.8 Å². The molecule has 2 rings (SSSR count). The minimum Gasteiger partial charge on any atom is -0.339 e. The highest BCUT2D eigenvalue weighted by Crippen LogP contribution is 2.27. The van der Waals surface area contributed by atoms with E-state index in [1.54, 1.807) is 24.3 Å². The molecule has 2 aromatic rings.